The predicted molar refractivity (Wildman–Crippen MR) is 65.1 cm³/mol. The van der Waals surface area contributed by atoms with Crippen LogP contribution in [0.25, 0.3) is 0 Å². The molecule has 18 heavy (non-hydrogen) atoms. The number of hydrogen-bond acceptors (Lipinski definition) is 2. The highest BCUT2D eigenvalue weighted by atomic mass is 19.4. The second-order valence-corrected chi connectivity index (χ2v) is 3.61. The maximum Gasteiger partial charge on any atom is 0.573 e. The Morgan fingerprint density at radius 2 is 1.67 bits per heavy atom. The van der Waals surface area contributed by atoms with Gasteiger partial charge in [0.1, 0.15) is 11.5 Å². The van der Waals surface area contributed by atoms with Gasteiger partial charge in [0, 0.05) is 5.56 Å². The molecule has 0 radical (unpaired) electrons. The van der Waals surface area contributed by atoms with E-state index in [0.717, 1.165) is 0 Å². The van der Waals surface area contributed by atoms with Crippen LogP contribution in [-0.2, 0) is 0 Å². The van der Waals surface area contributed by atoms with Crippen LogP contribution in [0.1, 0.15) is 39.2 Å². The largest absolute Gasteiger partial charge is 0.573 e. The molecule has 5 heteroatoms. The Bertz CT molecular complexity index is 360. The summed E-state index contributed by atoms with van der Waals surface area (Å²) in [6.07, 6.45) is -4.66. The van der Waals surface area contributed by atoms with Gasteiger partial charge in [0.15, 0.2) is 0 Å². The molecule has 0 saturated carbocycles. The number of rotatable bonds is 3. The summed E-state index contributed by atoms with van der Waals surface area (Å²) < 4.78 is 44.9. The van der Waals surface area contributed by atoms with Gasteiger partial charge in [-0.25, -0.2) is 0 Å². The Labute approximate surface area is 106 Å². The maximum atomic E-state index is 12.0. The van der Waals surface area contributed by atoms with Gasteiger partial charge < -0.3 is 9.47 Å². The average molecular weight is 264 g/mol. The summed E-state index contributed by atoms with van der Waals surface area (Å²) in [6, 6.07) is 4.05. The van der Waals surface area contributed by atoms with Crippen molar-refractivity contribution >= 4 is 0 Å². The summed E-state index contributed by atoms with van der Waals surface area (Å²) in [7, 11) is 1.48. The van der Waals surface area contributed by atoms with Crippen molar-refractivity contribution in [2.45, 2.75) is 40.0 Å². The molecule has 0 aromatic heterocycles. The highest BCUT2D eigenvalue weighted by Crippen LogP contribution is 2.32. The van der Waals surface area contributed by atoms with E-state index in [2.05, 4.69) is 4.74 Å². The Hall–Kier alpha value is -1.39. The summed E-state index contributed by atoms with van der Waals surface area (Å²) in [5, 5.41) is 0. The molecule has 104 valence electrons. The lowest BCUT2D eigenvalue weighted by Gasteiger charge is -2.14. The van der Waals surface area contributed by atoms with Gasteiger partial charge in [-0.3, -0.25) is 0 Å². The summed E-state index contributed by atoms with van der Waals surface area (Å²) in [6.45, 7) is 7.74. The Kier molecular flexibility index (Phi) is 6.58. The van der Waals surface area contributed by atoms with Gasteiger partial charge >= 0.3 is 6.36 Å². The van der Waals surface area contributed by atoms with Crippen LogP contribution in [0.3, 0.4) is 0 Å². The standard InChI is InChI=1S/C11H13F3O2.C2H6/c1-7(2)9-6-8(16-11(12,13)14)4-5-10(9)15-3;1-2/h4-7H,1-3H3;1-2H3. The zero-order chi connectivity index (χ0) is 14.3. The van der Waals surface area contributed by atoms with Crippen molar-refractivity contribution in [3.63, 3.8) is 0 Å². The van der Waals surface area contributed by atoms with Crippen LogP contribution in [0.5, 0.6) is 11.5 Å². The monoisotopic (exact) mass is 264 g/mol. The van der Waals surface area contributed by atoms with E-state index >= 15 is 0 Å². The zero-order valence-electron chi connectivity index (χ0n) is 11.3. The van der Waals surface area contributed by atoms with Crippen molar-refractivity contribution in [3.05, 3.63) is 23.8 Å². The van der Waals surface area contributed by atoms with Crippen LogP contribution in [0.2, 0.25) is 0 Å². The van der Waals surface area contributed by atoms with Gasteiger partial charge in [-0.2, -0.15) is 0 Å². The van der Waals surface area contributed by atoms with Gasteiger partial charge in [-0.05, 0) is 24.1 Å². The first-order valence-electron chi connectivity index (χ1n) is 5.77. The van der Waals surface area contributed by atoms with Gasteiger partial charge in [0.05, 0.1) is 7.11 Å². The van der Waals surface area contributed by atoms with E-state index in [1.54, 1.807) is 0 Å². The average Bonchev–Trinajstić information content (AvgIpc) is 2.29. The molecule has 0 fully saturated rings. The van der Waals surface area contributed by atoms with Crippen molar-refractivity contribution in [1.82, 2.24) is 0 Å². The molecule has 0 aliphatic rings. The molecule has 0 unspecified atom stereocenters. The molecule has 0 bridgehead atoms. The molecule has 2 nitrogen and oxygen atoms in total. The Balaban J connectivity index is 0.00000137. The number of benzene rings is 1. The summed E-state index contributed by atoms with van der Waals surface area (Å²) in [4.78, 5) is 0. The third-order valence-corrected chi connectivity index (χ3v) is 2.06. The quantitative estimate of drug-likeness (QED) is 0.784. The molecular formula is C13H19F3O2. The fourth-order valence-electron chi connectivity index (χ4n) is 1.36. The Morgan fingerprint density at radius 3 is 2.06 bits per heavy atom. The number of halogens is 3. The van der Waals surface area contributed by atoms with Crippen LogP contribution in [0, 0.1) is 0 Å². The van der Waals surface area contributed by atoms with Gasteiger partial charge in [0.25, 0.3) is 0 Å². The predicted octanol–water partition coefficient (Wildman–Crippen LogP) is 4.74. The number of ether oxygens (including phenoxy) is 2. The van der Waals surface area contributed by atoms with Gasteiger partial charge in [0.2, 0.25) is 0 Å². The van der Waals surface area contributed by atoms with E-state index in [4.69, 9.17) is 4.74 Å². The zero-order valence-corrected chi connectivity index (χ0v) is 11.3. The third-order valence-electron chi connectivity index (χ3n) is 2.06. The molecule has 0 aliphatic heterocycles. The van der Waals surface area contributed by atoms with Crippen LogP contribution in [-0.4, -0.2) is 13.5 Å². The second kappa shape index (κ2) is 7.13. The van der Waals surface area contributed by atoms with Gasteiger partial charge in [-0.15, -0.1) is 13.2 Å². The first-order chi connectivity index (χ1) is 8.33. The maximum absolute atomic E-state index is 12.0. The SMILES string of the molecule is CC.COc1ccc(OC(F)(F)F)cc1C(C)C. The molecule has 1 rings (SSSR count). The highest BCUT2D eigenvalue weighted by Gasteiger charge is 2.31. The first kappa shape index (κ1) is 16.6. The number of methoxy groups -OCH3 is 1. The van der Waals surface area contributed by atoms with Crippen molar-refractivity contribution < 1.29 is 22.6 Å². The summed E-state index contributed by atoms with van der Waals surface area (Å²) in [5.74, 6) is 0.397. The van der Waals surface area contributed by atoms with Crippen LogP contribution >= 0.6 is 0 Å². The molecule has 0 amide bonds. The fourth-order valence-corrected chi connectivity index (χ4v) is 1.36. The van der Waals surface area contributed by atoms with Crippen molar-refractivity contribution in [1.29, 1.82) is 0 Å². The van der Waals surface area contributed by atoms with E-state index < -0.39 is 6.36 Å². The van der Waals surface area contributed by atoms with E-state index in [1.165, 1.54) is 25.3 Å². The molecule has 0 atom stereocenters. The third kappa shape index (κ3) is 5.29. The molecule has 0 saturated heterocycles. The molecule has 0 N–H and O–H groups in total. The van der Waals surface area contributed by atoms with E-state index in [-0.39, 0.29) is 11.7 Å². The first-order valence-corrected chi connectivity index (χ1v) is 5.77. The lowest BCUT2D eigenvalue weighted by molar-refractivity contribution is -0.274. The smallest absolute Gasteiger partial charge is 0.496 e. The topological polar surface area (TPSA) is 18.5 Å². The van der Waals surface area contributed by atoms with Gasteiger partial charge in [-0.1, -0.05) is 27.7 Å². The molecule has 1 aromatic carbocycles. The summed E-state index contributed by atoms with van der Waals surface area (Å²) >= 11 is 0. The van der Waals surface area contributed by atoms with Crippen LogP contribution in [0.15, 0.2) is 18.2 Å². The van der Waals surface area contributed by atoms with Crippen molar-refractivity contribution in [2.75, 3.05) is 7.11 Å². The van der Waals surface area contributed by atoms with Crippen LogP contribution < -0.4 is 9.47 Å². The minimum atomic E-state index is -4.66. The summed E-state index contributed by atoms with van der Waals surface area (Å²) in [5.41, 5.74) is 0.684. The van der Waals surface area contributed by atoms with E-state index in [9.17, 15) is 13.2 Å². The van der Waals surface area contributed by atoms with Crippen molar-refractivity contribution in [2.24, 2.45) is 0 Å². The van der Waals surface area contributed by atoms with Crippen LogP contribution in [0.4, 0.5) is 13.2 Å². The normalized spacial score (nSPS) is 10.7. The molecule has 0 aliphatic carbocycles. The lowest BCUT2D eigenvalue weighted by Crippen LogP contribution is -2.17. The molecule has 1 aromatic rings. The highest BCUT2D eigenvalue weighted by molar-refractivity contribution is 5.42. The fraction of sp³-hybridized carbons (Fsp3) is 0.538. The minimum absolute atomic E-state index is 0.0618. The minimum Gasteiger partial charge on any atom is -0.496 e. The molecule has 0 spiro atoms. The second-order valence-electron chi connectivity index (χ2n) is 3.61. The van der Waals surface area contributed by atoms with E-state index in [0.29, 0.717) is 11.3 Å². The number of alkyl halides is 3. The molecule has 0 heterocycles. The van der Waals surface area contributed by atoms with E-state index in [1.807, 2.05) is 27.7 Å². The molecular weight excluding hydrogens is 245 g/mol. The Morgan fingerprint density at radius 1 is 1.11 bits per heavy atom. The van der Waals surface area contributed by atoms with Crippen molar-refractivity contribution in [3.8, 4) is 11.5 Å². The number of hydrogen-bond donors (Lipinski definition) is 0. The lowest BCUT2D eigenvalue weighted by atomic mass is 10.0.